The summed E-state index contributed by atoms with van der Waals surface area (Å²) >= 11 is 1.13. The van der Waals surface area contributed by atoms with Crippen LogP contribution in [0.5, 0.6) is 5.75 Å². The van der Waals surface area contributed by atoms with E-state index in [1.54, 1.807) is 23.1 Å². The lowest BCUT2D eigenvalue weighted by atomic mass is 10.0. The second kappa shape index (κ2) is 8.46. The van der Waals surface area contributed by atoms with Gasteiger partial charge in [0.1, 0.15) is 11.9 Å². The van der Waals surface area contributed by atoms with Crippen LogP contribution in [0.2, 0.25) is 0 Å². The number of rotatable bonds is 3. The highest BCUT2D eigenvalue weighted by atomic mass is 32.1. The lowest BCUT2D eigenvalue weighted by Gasteiger charge is -2.29. The Hall–Kier alpha value is -3.28. The van der Waals surface area contributed by atoms with Gasteiger partial charge in [0, 0.05) is 23.5 Å². The highest BCUT2D eigenvalue weighted by Crippen LogP contribution is 2.41. The van der Waals surface area contributed by atoms with Crippen LogP contribution in [-0.4, -0.2) is 40.2 Å². The van der Waals surface area contributed by atoms with Gasteiger partial charge < -0.3 is 15.1 Å². The van der Waals surface area contributed by atoms with E-state index in [1.165, 1.54) is 24.3 Å². The van der Waals surface area contributed by atoms with Crippen molar-refractivity contribution >= 4 is 17.2 Å². The molecule has 158 valence electrons. The van der Waals surface area contributed by atoms with Crippen molar-refractivity contribution in [1.82, 2.24) is 4.90 Å². The molecule has 1 fully saturated rings. The minimum atomic E-state index is -0.810. The van der Waals surface area contributed by atoms with E-state index in [0.29, 0.717) is 45.8 Å². The number of carbonyl (C=O) groups is 1. The molecule has 1 amide bonds. The number of β-amino-alcohol motifs (C(OH)–C–C–N with tert-alkyl or cyclic N) is 1. The van der Waals surface area contributed by atoms with Crippen molar-refractivity contribution in [2.75, 3.05) is 13.1 Å². The minimum Gasteiger partial charge on any atom is -0.505 e. The molecule has 1 atom stereocenters. The molecule has 0 spiro atoms. The van der Waals surface area contributed by atoms with E-state index in [9.17, 15) is 23.8 Å². The molecule has 1 aromatic heterocycles. The molecular formula is C23H18F2N2O3S. The number of thiophene rings is 1. The zero-order valence-corrected chi connectivity index (χ0v) is 17.1. The number of aromatic hydroxyl groups is 1. The maximum absolute atomic E-state index is 14.3. The number of aliphatic hydroxyl groups is 1. The third-order valence-corrected chi connectivity index (χ3v) is 6.41. The fraction of sp³-hybridized carbons (Fsp3) is 0.217. The van der Waals surface area contributed by atoms with Crippen molar-refractivity contribution in [2.45, 2.75) is 18.9 Å². The number of amides is 1. The van der Waals surface area contributed by atoms with E-state index in [4.69, 9.17) is 5.26 Å². The molecule has 8 heteroatoms. The molecule has 1 aliphatic rings. The Morgan fingerprint density at radius 1 is 1.13 bits per heavy atom. The third kappa shape index (κ3) is 4.15. The van der Waals surface area contributed by atoms with Gasteiger partial charge in [-0.1, -0.05) is 6.07 Å². The first-order valence-corrected chi connectivity index (χ1v) is 10.5. The molecule has 2 N–H and O–H groups in total. The monoisotopic (exact) mass is 440 g/mol. The summed E-state index contributed by atoms with van der Waals surface area (Å²) in [7, 11) is 0. The average molecular weight is 440 g/mol. The molecule has 1 unspecified atom stereocenters. The van der Waals surface area contributed by atoms with Crippen LogP contribution < -0.4 is 0 Å². The Labute approximate surface area is 181 Å². The summed E-state index contributed by atoms with van der Waals surface area (Å²) < 4.78 is 28.3. The molecule has 2 heterocycles. The Bertz CT molecular complexity index is 1200. The van der Waals surface area contributed by atoms with Crippen molar-refractivity contribution in [3.8, 4) is 33.4 Å². The Balaban J connectivity index is 1.82. The van der Waals surface area contributed by atoms with Gasteiger partial charge in [-0.2, -0.15) is 5.26 Å². The van der Waals surface area contributed by atoms with Crippen LogP contribution in [0.15, 0.2) is 42.5 Å². The fourth-order valence-corrected chi connectivity index (χ4v) is 4.79. The van der Waals surface area contributed by atoms with E-state index >= 15 is 0 Å². The molecule has 0 bridgehead atoms. The topological polar surface area (TPSA) is 84.6 Å². The molecule has 1 aliphatic heterocycles. The predicted octanol–water partition coefficient (Wildman–Crippen LogP) is 4.53. The Kier molecular flexibility index (Phi) is 5.72. The number of piperidine rings is 1. The van der Waals surface area contributed by atoms with Crippen LogP contribution in [0.1, 0.15) is 28.1 Å². The molecule has 4 rings (SSSR count). The highest BCUT2D eigenvalue weighted by molar-refractivity contribution is 7.18. The van der Waals surface area contributed by atoms with Crippen molar-refractivity contribution < 1.29 is 23.8 Å². The summed E-state index contributed by atoms with van der Waals surface area (Å²) in [4.78, 5) is 15.5. The summed E-state index contributed by atoms with van der Waals surface area (Å²) in [5.41, 5.74) is 1.28. The number of nitrogens with zero attached hydrogens (tertiary/aromatic N) is 2. The molecule has 5 nitrogen and oxygen atoms in total. The van der Waals surface area contributed by atoms with Gasteiger partial charge in [-0.15, -0.1) is 11.3 Å². The number of phenolic OH excluding ortho intramolecular Hbond substituents is 1. The van der Waals surface area contributed by atoms with E-state index in [1.807, 2.05) is 0 Å². The van der Waals surface area contributed by atoms with E-state index < -0.39 is 23.5 Å². The van der Waals surface area contributed by atoms with Gasteiger partial charge in [0.25, 0.3) is 5.91 Å². The zero-order chi connectivity index (χ0) is 22.1. The third-order valence-electron chi connectivity index (χ3n) is 5.24. The van der Waals surface area contributed by atoms with Gasteiger partial charge in [-0.05, 0) is 60.4 Å². The lowest BCUT2D eigenvalue weighted by Crippen LogP contribution is -2.41. The zero-order valence-electron chi connectivity index (χ0n) is 16.3. The maximum atomic E-state index is 14.3. The first kappa shape index (κ1) is 21.0. The molecule has 31 heavy (non-hydrogen) atoms. The van der Waals surface area contributed by atoms with Crippen molar-refractivity contribution in [1.29, 1.82) is 5.26 Å². The largest absolute Gasteiger partial charge is 0.505 e. The molecular weight excluding hydrogens is 422 g/mol. The number of hydrogen-bond donors (Lipinski definition) is 2. The first-order chi connectivity index (χ1) is 14.9. The molecule has 1 saturated heterocycles. The molecule has 0 saturated carbocycles. The van der Waals surface area contributed by atoms with Crippen molar-refractivity contribution in [3.63, 3.8) is 0 Å². The smallest absolute Gasteiger partial charge is 0.264 e. The van der Waals surface area contributed by atoms with Gasteiger partial charge in [0.2, 0.25) is 0 Å². The summed E-state index contributed by atoms with van der Waals surface area (Å²) in [6.45, 7) is 0.762. The first-order valence-electron chi connectivity index (χ1n) is 9.67. The van der Waals surface area contributed by atoms with Crippen molar-refractivity contribution in [2.24, 2.45) is 0 Å². The highest BCUT2D eigenvalue weighted by Gasteiger charge is 2.26. The van der Waals surface area contributed by atoms with Crippen LogP contribution in [0, 0.1) is 23.0 Å². The minimum absolute atomic E-state index is 0.102. The van der Waals surface area contributed by atoms with Crippen molar-refractivity contribution in [3.05, 3.63) is 64.5 Å². The van der Waals surface area contributed by atoms with Gasteiger partial charge >= 0.3 is 0 Å². The average Bonchev–Trinajstić information content (AvgIpc) is 3.20. The number of phenols is 1. The molecule has 3 aromatic rings. The quantitative estimate of drug-likeness (QED) is 0.627. The lowest BCUT2D eigenvalue weighted by molar-refractivity contribution is 0.0478. The number of nitriles is 1. The van der Waals surface area contributed by atoms with Crippen LogP contribution in [0.3, 0.4) is 0 Å². The van der Waals surface area contributed by atoms with Gasteiger partial charge in [-0.3, -0.25) is 4.79 Å². The second-order valence-corrected chi connectivity index (χ2v) is 8.43. The summed E-state index contributed by atoms with van der Waals surface area (Å²) in [5, 5.41) is 28.4. The molecule has 0 radical (unpaired) electrons. The fourth-order valence-electron chi connectivity index (χ4n) is 3.64. The number of halogens is 2. The van der Waals surface area contributed by atoms with Crippen LogP contribution in [-0.2, 0) is 0 Å². The van der Waals surface area contributed by atoms with E-state index in [0.717, 1.165) is 17.4 Å². The number of benzene rings is 2. The van der Waals surface area contributed by atoms with Gasteiger partial charge in [0.05, 0.1) is 16.5 Å². The Morgan fingerprint density at radius 2 is 1.87 bits per heavy atom. The summed E-state index contributed by atoms with van der Waals surface area (Å²) in [6.07, 6.45) is 0.764. The van der Waals surface area contributed by atoms with Gasteiger partial charge in [0.15, 0.2) is 11.6 Å². The SMILES string of the molecule is N#Cc1ccc(-c2cc(C(=O)N3CCCC(O)C3)sc2-c2ccc(O)c(F)c2)cc1F. The molecule has 2 aromatic carbocycles. The standard InChI is InChI=1S/C23H18F2N2O3S/c24-18-8-13(3-4-15(18)11-26)17-10-21(23(30)27-7-1-2-16(28)12-27)31-22(17)14-5-6-20(29)19(25)9-14/h3-6,8-10,16,28-29H,1-2,7,12H2. The number of likely N-dealkylation sites (tertiary alicyclic amines) is 1. The van der Waals surface area contributed by atoms with Crippen LogP contribution >= 0.6 is 11.3 Å². The summed E-state index contributed by atoms with van der Waals surface area (Å²) in [5.74, 6) is -2.26. The summed E-state index contributed by atoms with van der Waals surface area (Å²) in [6, 6.07) is 11.4. The maximum Gasteiger partial charge on any atom is 0.264 e. The van der Waals surface area contributed by atoms with E-state index in [-0.39, 0.29) is 18.0 Å². The Morgan fingerprint density at radius 3 is 2.55 bits per heavy atom. The van der Waals surface area contributed by atoms with E-state index in [2.05, 4.69) is 0 Å². The van der Waals surface area contributed by atoms with Crippen LogP contribution in [0.4, 0.5) is 8.78 Å². The number of aliphatic hydroxyl groups excluding tert-OH is 1. The molecule has 0 aliphatic carbocycles. The second-order valence-electron chi connectivity index (χ2n) is 7.37. The predicted molar refractivity (Wildman–Crippen MR) is 113 cm³/mol. The van der Waals surface area contributed by atoms with Crippen LogP contribution in [0.25, 0.3) is 21.6 Å². The normalized spacial score (nSPS) is 16.2. The van der Waals surface area contributed by atoms with Gasteiger partial charge in [-0.25, -0.2) is 8.78 Å². The number of carbonyl (C=O) groups excluding carboxylic acids is 1. The number of hydrogen-bond acceptors (Lipinski definition) is 5.